The standard InChI is InChI=1S/C11H20N2O3/c1-15-4-5-16-11(14)13-7-9-2-3-10(8-13)12-6-9/h9-10,12H,2-8H2,1H3. The van der Waals surface area contributed by atoms with Gasteiger partial charge < -0.3 is 19.7 Å². The summed E-state index contributed by atoms with van der Waals surface area (Å²) >= 11 is 0. The number of rotatable bonds is 3. The zero-order valence-corrected chi connectivity index (χ0v) is 9.78. The Bertz CT molecular complexity index is 225. The van der Waals surface area contributed by atoms with Gasteiger partial charge >= 0.3 is 6.09 Å². The summed E-state index contributed by atoms with van der Waals surface area (Å²) in [4.78, 5) is 13.6. The second-order valence-electron chi connectivity index (χ2n) is 4.56. The van der Waals surface area contributed by atoms with Crippen LogP contribution in [0.1, 0.15) is 12.8 Å². The van der Waals surface area contributed by atoms with Gasteiger partial charge in [0.2, 0.25) is 0 Å². The molecule has 3 aliphatic heterocycles. The molecule has 0 saturated carbocycles. The molecule has 0 aromatic carbocycles. The van der Waals surface area contributed by atoms with Gasteiger partial charge in [0.15, 0.2) is 0 Å². The highest BCUT2D eigenvalue weighted by molar-refractivity contribution is 5.67. The quantitative estimate of drug-likeness (QED) is 0.713. The maximum absolute atomic E-state index is 11.8. The Labute approximate surface area is 96.1 Å². The van der Waals surface area contributed by atoms with Gasteiger partial charge in [-0.15, -0.1) is 0 Å². The van der Waals surface area contributed by atoms with Crippen molar-refractivity contribution in [3.8, 4) is 0 Å². The van der Waals surface area contributed by atoms with E-state index in [-0.39, 0.29) is 6.09 Å². The third-order valence-electron chi connectivity index (χ3n) is 3.31. The summed E-state index contributed by atoms with van der Waals surface area (Å²) in [5.41, 5.74) is 0. The molecular formula is C11H20N2O3. The smallest absolute Gasteiger partial charge is 0.409 e. The Balaban J connectivity index is 1.82. The molecule has 3 aliphatic rings. The number of carbonyl (C=O) groups excluding carboxylic acids is 1. The average molecular weight is 228 g/mol. The lowest BCUT2D eigenvalue weighted by Crippen LogP contribution is -2.40. The van der Waals surface area contributed by atoms with E-state index in [1.165, 1.54) is 12.8 Å². The first-order chi connectivity index (χ1) is 7.79. The molecular weight excluding hydrogens is 208 g/mol. The molecule has 1 amide bonds. The number of hydrogen-bond donors (Lipinski definition) is 1. The molecule has 92 valence electrons. The third-order valence-corrected chi connectivity index (χ3v) is 3.31. The Morgan fingerprint density at radius 3 is 2.94 bits per heavy atom. The highest BCUT2D eigenvalue weighted by Crippen LogP contribution is 2.21. The van der Waals surface area contributed by atoms with Crippen molar-refractivity contribution < 1.29 is 14.3 Å². The first-order valence-electron chi connectivity index (χ1n) is 5.93. The second-order valence-corrected chi connectivity index (χ2v) is 4.56. The number of amides is 1. The number of hydrogen-bond acceptors (Lipinski definition) is 4. The Morgan fingerprint density at radius 1 is 1.38 bits per heavy atom. The second kappa shape index (κ2) is 5.50. The molecule has 0 aromatic heterocycles. The first-order valence-corrected chi connectivity index (χ1v) is 5.93. The van der Waals surface area contributed by atoms with Crippen LogP contribution in [0.25, 0.3) is 0 Å². The van der Waals surface area contributed by atoms with Gasteiger partial charge in [0.1, 0.15) is 6.61 Å². The fraction of sp³-hybridized carbons (Fsp3) is 0.909. The first kappa shape index (κ1) is 11.7. The van der Waals surface area contributed by atoms with Crippen LogP contribution < -0.4 is 5.32 Å². The molecule has 2 unspecified atom stereocenters. The third kappa shape index (κ3) is 2.86. The van der Waals surface area contributed by atoms with E-state index in [4.69, 9.17) is 9.47 Å². The Hall–Kier alpha value is -0.810. The van der Waals surface area contributed by atoms with Gasteiger partial charge in [0.05, 0.1) is 6.61 Å². The lowest BCUT2D eigenvalue weighted by Gasteiger charge is -2.22. The molecule has 16 heavy (non-hydrogen) atoms. The number of nitrogens with one attached hydrogen (secondary N) is 1. The highest BCUT2D eigenvalue weighted by atomic mass is 16.6. The van der Waals surface area contributed by atoms with Crippen LogP contribution in [-0.4, -0.2) is 57.0 Å². The average Bonchev–Trinajstić information content (AvgIpc) is 2.62. The predicted octanol–water partition coefficient (Wildman–Crippen LogP) is 0.453. The zero-order valence-electron chi connectivity index (χ0n) is 9.78. The van der Waals surface area contributed by atoms with E-state index in [0.29, 0.717) is 25.2 Å². The van der Waals surface area contributed by atoms with Crippen LogP contribution >= 0.6 is 0 Å². The van der Waals surface area contributed by atoms with Gasteiger partial charge in [0, 0.05) is 26.2 Å². The van der Waals surface area contributed by atoms with E-state index in [1.54, 1.807) is 7.11 Å². The highest BCUT2D eigenvalue weighted by Gasteiger charge is 2.31. The van der Waals surface area contributed by atoms with Crippen LogP contribution in [-0.2, 0) is 9.47 Å². The number of ether oxygens (including phenoxy) is 2. The largest absolute Gasteiger partial charge is 0.447 e. The van der Waals surface area contributed by atoms with Crippen molar-refractivity contribution >= 4 is 6.09 Å². The molecule has 0 aromatic rings. The summed E-state index contributed by atoms with van der Waals surface area (Å²) in [6.45, 7) is 3.45. The molecule has 0 spiro atoms. The van der Waals surface area contributed by atoms with Crippen molar-refractivity contribution in [3.05, 3.63) is 0 Å². The van der Waals surface area contributed by atoms with Crippen molar-refractivity contribution in [2.75, 3.05) is 40.0 Å². The lowest BCUT2D eigenvalue weighted by molar-refractivity contribution is 0.0708. The van der Waals surface area contributed by atoms with Crippen molar-refractivity contribution in [2.24, 2.45) is 5.92 Å². The molecule has 5 nitrogen and oxygen atoms in total. The minimum Gasteiger partial charge on any atom is -0.447 e. The van der Waals surface area contributed by atoms with Crippen LogP contribution in [0, 0.1) is 5.92 Å². The molecule has 3 rings (SSSR count). The summed E-state index contributed by atoms with van der Waals surface area (Å²) in [6.07, 6.45) is 2.20. The zero-order chi connectivity index (χ0) is 11.4. The fourth-order valence-electron chi connectivity index (χ4n) is 2.39. The molecule has 0 radical (unpaired) electrons. The van der Waals surface area contributed by atoms with Crippen molar-refractivity contribution in [3.63, 3.8) is 0 Å². The lowest BCUT2D eigenvalue weighted by atomic mass is 9.97. The van der Waals surface area contributed by atoms with Crippen molar-refractivity contribution in [1.29, 1.82) is 0 Å². The molecule has 3 saturated heterocycles. The van der Waals surface area contributed by atoms with E-state index < -0.39 is 0 Å². The van der Waals surface area contributed by atoms with Gasteiger partial charge in [0.25, 0.3) is 0 Å². The van der Waals surface area contributed by atoms with Crippen LogP contribution in [0.5, 0.6) is 0 Å². The SMILES string of the molecule is COCCOC(=O)N1CC2CCC(C1)NC2. The summed E-state index contributed by atoms with van der Waals surface area (Å²) in [6, 6.07) is 0.453. The van der Waals surface area contributed by atoms with Crippen molar-refractivity contribution in [2.45, 2.75) is 18.9 Å². The van der Waals surface area contributed by atoms with Gasteiger partial charge in [-0.2, -0.15) is 0 Å². The Morgan fingerprint density at radius 2 is 2.25 bits per heavy atom. The monoisotopic (exact) mass is 228 g/mol. The van der Waals surface area contributed by atoms with E-state index >= 15 is 0 Å². The van der Waals surface area contributed by atoms with Gasteiger partial charge in [-0.3, -0.25) is 0 Å². The molecule has 2 bridgehead atoms. The van der Waals surface area contributed by atoms with E-state index in [9.17, 15) is 4.79 Å². The maximum atomic E-state index is 11.8. The molecule has 0 aliphatic carbocycles. The van der Waals surface area contributed by atoms with Gasteiger partial charge in [-0.05, 0) is 25.3 Å². The maximum Gasteiger partial charge on any atom is 0.409 e. The van der Waals surface area contributed by atoms with Gasteiger partial charge in [-0.1, -0.05) is 0 Å². The normalized spacial score (nSPS) is 28.9. The summed E-state index contributed by atoms with van der Waals surface area (Å²) in [5.74, 6) is 0.591. The number of carbonyl (C=O) groups is 1. The van der Waals surface area contributed by atoms with E-state index in [1.807, 2.05) is 4.90 Å². The minimum atomic E-state index is -0.197. The van der Waals surface area contributed by atoms with E-state index in [0.717, 1.165) is 19.6 Å². The van der Waals surface area contributed by atoms with E-state index in [2.05, 4.69) is 5.32 Å². The topological polar surface area (TPSA) is 50.8 Å². The number of fused-ring (bicyclic) bond motifs is 4. The molecule has 2 atom stereocenters. The number of nitrogens with zero attached hydrogens (tertiary/aromatic N) is 1. The van der Waals surface area contributed by atoms with Crippen molar-refractivity contribution in [1.82, 2.24) is 10.2 Å². The van der Waals surface area contributed by atoms with Crippen LogP contribution in [0.3, 0.4) is 0 Å². The fourth-order valence-corrected chi connectivity index (χ4v) is 2.39. The summed E-state index contributed by atoms with van der Waals surface area (Å²) < 4.78 is 9.99. The van der Waals surface area contributed by atoms with Crippen LogP contribution in [0.4, 0.5) is 4.79 Å². The predicted molar refractivity (Wildman–Crippen MR) is 59.3 cm³/mol. The number of piperidine rings is 1. The summed E-state index contributed by atoms with van der Waals surface area (Å²) in [7, 11) is 1.60. The molecule has 3 fully saturated rings. The molecule has 1 N–H and O–H groups in total. The Kier molecular flexibility index (Phi) is 4.01. The summed E-state index contributed by atoms with van der Waals surface area (Å²) in [5, 5.41) is 3.46. The number of methoxy groups -OCH3 is 1. The van der Waals surface area contributed by atoms with Gasteiger partial charge in [-0.25, -0.2) is 4.79 Å². The molecule has 5 heteroatoms. The van der Waals surface area contributed by atoms with Crippen LogP contribution in [0.2, 0.25) is 0 Å². The minimum absolute atomic E-state index is 0.197. The molecule has 3 heterocycles. The van der Waals surface area contributed by atoms with Crippen LogP contribution in [0.15, 0.2) is 0 Å².